The number of aliphatic hydroxyl groups excluding tert-OH is 1. The van der Waals surface area contributed by atoms with Crippen LogP contribution in [0, 0.1) is 34.5 Å². The number of ketones is 2. The van der Waals surface area contributed by atoms with Crippen LogP contribution < -0.4 is 0 Å². The number of rotatable bonds is 41. The summed E-state index contributed by atoms with van der Waals surface area (Å²) in [6.07, 6.45) is 42.4. The van der Waals surface area contributed by atoms with Crippen molar-refractivity contribution in [2.24, 2.45) is 34.5 Å². The third-order valence-corrected chi connectivity index (χ3v) is 17.7. The van der Waals surface area contributed by atoms with Gasteiger partial charge in [-0.2, -0.15) is 0 Å². The van der Waals surface area contributed by atoms with Gasteiger partial charge in [0.2, 0.25) is 0 Å². The van der Waals surface area contributed by atoms with E-state index in [1.54, 1.807) is 13.0 Å². The van der Waals surface area contributed by atoms with Crippen molar-refractivity contribution in [3.63, 3.8) is 0 Å². The van der Waals surface area contributed by atoms with Crippen molar-refractivity contribution in [2.75, 3.05) is 19.8 Å². The summed E-state index contributed by atoms with van der Waals surface area (Å²) in [6.45, 7) is 9.01. The number of hydrogen-bond acceptors (Lipinski definition) is 11. The fourth-order valence-electron chi connectivity index (χ4n) is 13.3. The van der Waals surface area contributed by atoms with Crippen molar-refractivity contribution in [2.45, 2.75) is 271 Å². The Kier molecular flexibility index (Phi) is 30.4. The van der Waals surface area contributed by atoms with E-state index in [0.717, 1.165) is 77.0 Å². The number of ether oxygens (including phenoxy) is 4. The predicted octanol–water partition coefficient (Wildman–Crippen LogP) is 15.2. The zero-order valence-corrected chi connectivity index (χ0v) is 48.6. The van der Waals surface area contributed by atoms with Crippen LogP contribution in [-0.4, -0.2) is 78.2 Å². The molecule has 12 heteroatoms. The first kappa shape index (κ1) is 65.6. The molecule has 0 aromatic rings. The second kappa shape index (κ2) is 35.6. The number of fused-ring (bicyclic) bond motifs is 5. The van der Waals surface area contributed by atoms with Gasteiger partial charge in [-0.05, 0) is 126 Å². The molecule has 0 radical (unpaired) electrons. The monoisotopic (exact) mass is 1080 g/mol. The largest absolute Gasteiger partial charge is 0.462 e. The first-order valence-corrected chi connectivity index (χ1v) is 30.9. The summed E-state index contributed by atoms with van der Waals surface area (Å²) < 4.78 is 39.6. The molecule has 3 fully saturated rings. The highest BCUT2D eigenvalue weighted by Gasteiger charge is 2.71. The van der Waals surface area contributed by atoms with Crippen molar-refractivity contribution >= 4 is 35.4 Å². The van der Waals surface area contributed by atoms with Gasteiger partial charge >= 0.3 is 23.9 Å². The average Bonchev–Trinajstić information content (AvgIpc) is 3.78. The van der Waals surface area contributed by atoms with Crippen molar-refractivity contribution in [3.05, 3.63) is 48.1 Å². The molecular formula is C65H103FO11. The summed E-state index contributed by atoms with van der Waals surface area (Å²) in [6, 6.07) is 0. The van der Waals surface area contributed by atoms with Gasteiger partial charge in [0.15, 0.2) is 23.3 Å². The molecule has 1 N–H and O–H groups in total. The quantitative estimate of drug-likeness (QED) is 0.0269. The number of esters is 4. The maximum absolute atomic E-state index is 17.6. The summed E-state index contributed by atoms with van der Waals surface area (Å²) in [7, 11) is 0. The first-order valence-electron chi connectivity index (χ1n) is 30.9. The molecule has 0 bridgehead atoms. The lowest BCUT2D eigenvalue weighted by Gasteiger charge is -2.61. The van der Waals surface area contributed by atoms with E-state index in [2.05, 4.69) is 38.2 Å². The van der Waals surface area contributed by atoms with E-state index in [1.165, 1.54) is 89.2 Å². The Hall–Kier alpha value is -3.93. The molecule has 11 nitrogen and oxygen atoms in total. The molecule has 0 spiro atoms. The Morgan fingerprint density at radius 2 is 1.09 bits per heavy atom. The van der Waals surface area contributed by atoms with E-state index in [9.17, 15) is 33.9 Å². The Morgan fingerprint density at radius 1 is 0.636 bits per heavy atom. The van der Waals surface area contributed by atoms with Crippen molar-refractivity contribution in [3.8, 4) is 0 Å². The standard InChI is InChI=1S/C65H103FO11/c1-6-8-10-12-14-16-18-20-22-24-26-28-30-32-34-36-58(70)74-47-53(77-61(73)37-35-33-31-29-27-25-23-21-19-17-15-13-11-9-7-2)48-75-59(71)40-41-60(72)76-49-56(68)62-50(3)44-55-54-39-38-51-45-52(67)42-43-64(51,5)65(54,66)57(69)46-63(55,62)4/h20-23,42-43,45,50,53-55,57,62,69H,6-19,24-41,44,46-49H2,1-5H3/b22-20-,23-21-/t50-,53?,54?,55?,57?,62?,63?,64?,65+/m1/s1. The van der Waals surface area contributed by atoms with Crippen LogP contribution in [0.2, 0.25) is 0 Å². The van der Waals surface area contributed by atoms with Crippen LogP contribution in [-0.2, 0) is 47.7 Å². The summed E-state index contributed by atoms with van der Waals surface area (Å²) in [5.74, 6) is -4.33. The van der Waals surface area contributed by atoms with Crippen molar-refractivity contribution in [1.82, 2.24) is 0 Å². The molecule has 0 saturated heterocycles. The van der Waals surface area contributed by atoms with Crippen molar-refractivity contribution < 1.29 is 57.2 Å². The maximum atomic E-state index is 17.6. The zero-order chi connectivity index (χ0) is 55.9. The lowest BCUT2D eigenvalue weighted by atomic mass is 9.45. The van der Waals surface area contributed by atoms with Crippen LogP contribution in [0.4, 0.5) is 4.39 Å². The molecule has 7 unspecified atom stereocenters. The van der Waals surface area contributed by atoms with Crippen LogP contribution in [0.3, 0.4) is 0 Å². The summed E-state index contributed by atoms with van der Waals surface area (Å²) in [4.78, 5) is 77.7. The zero-order valence-electron chi connectivity index (χ0n) is 48.6. The number of halogens is 1. The highest BCUT2D eigenvalue weighted by Crippen LogP contribution is 2.69. The molecule has 0 aliphatic heterocycles. The van der Waals surface area contributed by atoms with Crippen LogP contribution in [0.5, 0.6) is 0 Å². The topological polar surface area (TPSA) is 160 Å². The predicted molar refractivity (Wildman–Crippen MR) is 302 cm³/mol. The van der Waals surface area contributed by atoms with Gasteiger partial charge in [-0.3, -0.25) is 28.8 Å². The molecule has 77 heavy (non-hydrogen) atoms. The molecule has 4 aliphatic rings. The van der Waals surface area contributed by atoms with E-state index in [4.69, 9.17) is 18.9 Å². The van der Waals surface area contributed by atoms with Crippen molar-refractivity contribution in [1.29, 1.82) is 0 Å². The maximum Gasteiger partial charge on any atom is 0.306 e. The van der Waals surface area contributed by atoms with Gasteiger partial charge in [0, 0.05) is 30.1 Å². The molecule has 4 rings (SSSR count). The molecule has 0 heterocycles. The van der Waals surface area contributed by atoms with Crippen LogP contribution in [0.15, 0.2) is 48.1 Å². The summed E-state index contributed by atoms with van der Waals surface area (Å²) >= 11 is 0. The highest BCUT2D eigenvalue weighted by molar-refractivity contribution is 6.01. The number of carbonyl (C=O) groups is 6. The third kappa shape index (κ3) is 21.2. The highest BCUT2D eigenvalue weighted by atomic mass is 19.1. The van der Waals surface area contributed by atoms with E-state index in [0.29, 0.717) is 37.7 Å². The van der Waals surface area contributed by atoms with Gasteiger partial charge in [-0.15, -0.1) is 0 Å². The summed E-state index contributed by atoms with van der Waals surface area (Å²) in [5, 5.41) is 11.7. The van der Waals surface area contributed by atoms with Crippen LogP contribution >= 0.6 is 0 Å². The molecule has 9 atom stereocenters. The smallest absolute Gasteiger partial charge is 0.306 e. The average molecular weight is 1080 g/mol. The second-order valence-corrected chi connectivity index (χ2v) is 23.8. The number of alkyl halides is 1. The van der Waals surface area contributed by atoms with Gasteiger partial charge in [-0.25, -0.2) is 4.39 Å². The second-order valence-electron chi connectivity index (χ2n) is 23.8. The molecule has 0 aromatic carbocycles. The third-order valence-electron chi connectivity index (χ3n) is 17.7. The van der Waals surface area contributed by atoms with Gasteiger partial charge in [0.1, 0.15) is 19.8 Å². The molecule has 3 saturated carbocycles. The van der Waals surface area contributed by atoms with E-state index in [-0.39, 0.29) is 68.7 Å². The minimum atomic E-state index is -2.00. The van der Waals surface area contributed by atoms with Gasteiger partial charge < -0.3 is 24.1 Å². The Bertz CT molecular complexity index is 1940. The molecular weight excluding hydrogens is 976 g/mol. The lowest BCUT2D eigenvalue weighted by Crippen LogP contribution is -2.66. The van der Waals surface area contributed by atoms with E-state index >= 15 is 4.39 Å². The number of unbranched alkanes of at least 4 members (excludes halogenated alkanes) is 22. The Balaban J connectivity index is 1.17. The summed E-state index contributed by atoms with van der Waals surface area (Å²) in [5.41, 5.74) is -3.17. The lowest BCUT2D eigenvalue weighted by molar-refractivity contribution is -0.196. The number of carbonyl (C=O) groups excluding carboxylic acids is 6. The Morgan fingerprint density at radius 3 is 1.61 bits per heavy atom. The number of hydrogen-bond donors (Lipinski definition) is 1. The molecule has 4 aliphatic carbocycles. The first-order chi connectivity index (χ1) is 37.1. The minimum Gasteiger partial charge on any atom is -0.462 e. The molecule has 0 aromatic heterocycles. The molecule has 0 amide bonds. The SMILES string of the molecule is CCCCCCCC/C=C\CCCCCCCC(=O)OCC(COC(=O)CCC(=O)OCC(=O)C1[C@H](C)CC2C3CCC4=CC(=O)C=CC4(C)[C@@]3(F)C(O)CC21C)OC(=O)CCCCCCC/C=C\CCCCCCCC. The number of Topliss-reactive ketones (excluding diaryl/α,β-unsaturated/α-hetero) is 1. The van der Waals surface area contributed by atoms with E-state index < -0.39 is 71.0 Å². The minimum absolute atomic E-state index is 0.0564. The number of allylic oxidation sites excluding steroid dienone is 8. The van der Waals surface area contributed by atoms with Crippen LogP contribution in [0.1, 0.15) is 253 Å². The fraction of sp³-hybridized carbons (Fsp3) is 0.785. The molecule has 436 valence electrons. The number of aliphatic hydroxyl groups is 1. The van der Waals surface area contributed by atoms with Gasteiger partial charge in [0.05, 0.1) is 18.9 Å². The van der Waals surface area contributed by atoms with Crippen LogP contribution in [0.25, 0.3) is 0 Å². The fourth-order valence-corrected chi connectivity index (χ4v) is 13.3. The van der Waals surface area contributed by atoms with E-state index in [1.807, 2.05) is 13.8 Å². The van der Waals surface area contributed by atoms with Gasteiger partial charge in [-0.1, -0.05) is 166 Å². The normalized spacial score (nSPS) is 26.0. The Labute approximate surface area is 464 Å². The van der Waals surface area contributed by atoms with Gasteiger partial charge in [0.25, 0.3) is 0 Å².